The highest BCUT2D eigenvalue weighted by Crippen LogP contribution is 2.40. The summed E-state index contributed by atoms with van der Waals surface area (Å²) in [4.78, 5) is 67.3. The molecule has 76 heavy (non-hydrogen) atoms. The summed E-state index contributed by atoms with van der Waals surface area (Å²) in [6.45, 7) is 15.2. The van der Waals surface area contributed by atoms with E-state index >= 15 is 0 Å². The zero-order valence-corrected chi connectivity index (χ0v) is 46.0. The SMILES string of the molecule is Cc1ncsc1-c1ccc(CNC(=O)[C@@H]2C[C@@H](O)CN2C(=O)[C@@H](NC(=O)COCC#CC#CCOc2ccc([C@@H](C)NC(=O)C[C@@H]3N=C(c4ccc(Cl)cc4)c4c(sc(C)c4C)-n4c(C)nnc43)cc2)C(C)(C)C)cc1. The minimum Gasteiger partial charge on any atom is -0.481 e. The first-order valence-electron chi connectivity index (χ1n) is 24.8. The molecule has 2 aliphatic heterocycles. The van der Waals surface area contributed by atoms with E-state index in [0.717, 1.165) is 65.4 Å². The third kappa shape index (κ3) is 13.1. The van der Waals surface area contributed by atoms with Crippen LogP contribution in [0.2, 0.25) is 5.02 Å². The molecule has 6 aromatic rings. The summed E-state index contributed by atoms with van der Waals surface area (Å²) in [5, 5.41) is 29.9. The van der Waals surface area contributed by atoms with Gasteiger partial charge >= 0.3 is 0 Å². The molecule has 0 saturated carbocycles. The number of benzene rings is 3. The van der Waals surface area contributed by atoms with Crippen LogP contribution in [0.15, 0.2) is 83.3 Å². The Hall–Kier alpha value is -7.19. The number of halogens is 1. The monoisotopic (exact) mass is 1080 g/mol. The first-order chi connectivity index (χ1) is 36.4. The van der Waals surface area contributed by atoms with Crippen LogP contribution in [0.1, 0.15) is 103 Å². The standard InChI is InChI=1S/C57H60ClN9O7S2/c1-33-36(4)76-56-49(33)50(40-17-21-42(58)22-18-40)62-45(53-65-64-37(5)67(53)56)28-47(69)61-34(2)39-19-23-44(24-20-39)74-26-12-10-9-11-25-73-31-48(70)63-52(57(6,7)8)55(72)66-30-43(68)27-46(66)54(71)59-29-38-13-15-41(16-14-38)51-35(3)60-32-75-51/h13-24,32,34,43,45-46,52,68H,25-31H2,1-8H3,(H,59,71)(H,61,69)(H,63,70)/t34-,43-,45+,46+,52-/m1/s1. The van der Waals surface area contributed by atoms with Crippen molar-refractivity contribution in [2.45, 2.75) is 105 Å². The van der Waals surface area contributed by atoms with Crippen molar-refractivity contribution in [3.05, 3.63) is 133 Å². The number of nitrogens with one attached hydrogen (secondary N) is 3. The van der Waals surface area contributed by atoms with Gasteiger partial charge in [-0.25, -0.2) is 4.98 Å². The van der Waals surface area contributed by atoms with Gasteiger partial charge in [0.25, 0.3) is 0 Å². The summed E-state index contributed by atoms with van der Waals surface area (Å²) in [7, 11) is 0. The van der Waals surface area contributed by atoms with Gasteiger partial charge in [-0.3, -0.25) is 28.7 Å². The lowest BCUT2D eigenvalue weighted by molar-refractivity contribution is -0.144. The number of likely N-dealkylation sites (tertiary alicyclic amines) is 1. The highest BCUT2D eigenvalue weighted by Gasteiger charge is 2.44. The highest BCUT2D eigenvalue weighted by atomic mass is 35.5. The Labute approximate surface area is 455 Å². The zero-order chi connectivity index (χ0) is 54.3. The van der Waals surface area contributed by atoms with Crippen molar-refractivity contribution < 1.29 is 33.8 Å². The molecule has 2 aliphatic rings. The number of ether oxygens (including phenoxy) is 2. The van der Waals surface area contributed by atoms with E-state index in [9.17, 15) is 24.3 Å². The lowest BCUT2D eigenvalue weighted by atomic mass is 9.85. The lowest BCUT2D eigenvalue weighted by Gasteiger charge is -2.35. The third-order valence-corrected chi connectivity index (χ3v) is 15.6. The maximum atomic E-state index is 14.0. The molecule has 0 aliphatic carbocycles. The smallest absolute Gasteiger partial charge is 0.246 e. The number of carbonyl (C=O) groups excluding carboxylic acids is 4. The summed E-state index contributed by atoms with van der Waals surface area (Å²) in [5.74, 6) is 11.3. The Morgan fingerprint density at radius 1 is 0.895 bits per heavy atom. The number of hydrogen-bond donors (Lipinski definition) is 4. The average Bonchev–Trinajstić information content (AvgIpc) is 4.16. The van der Waals surface area contributed by atoms with Crippen LogP contribution < -0.4 is 20.7 Å². The van der Waals surface area contributed by atoms with Crippen molar-refractivity contribution in [2.24, 2.45) is 10.4 Å². The Morgan fingerprint density at radius 3 is 2.28 bits per heavy atom. The van der Waals surface area contributed by atoms with Gasteiger partial charge in [-0.15, -0.1) is 32.9 Å². The first-order valence-corrected chi connectivity index (χ1v) is 26.9. The van der Waals surface area contributed by atoms with E-state index in [1.807, 2.05) is 107 Å². The number of hydrogen-bond acceptors (Lipinski definition) is 13. The molecule has 0 spiro atoms. The summed E-state index contributed by atoms with van der Waals surface area (Å²) in [6.07, 6.45) is -0.757. The van der Waals surface area contributed by atoms with E-state index in [1.165, 1.54) is 4.90 Å². The molecular formula is C57H60ClN9O7S2. The van der Waals surface area contributed by atoms with Crippen LogP contribution in [0.3, 0.4) is 0 Å². The molecular weight excluding hydrogens is 1020 g/mol. The molecule has 4 amide bonds. The Bertz CT molecular complexity index is 3260. The largest absolute Gasteiger partial charge is 0.481 e. The first kappa shape index (κ1) is 55.1. The molecule has 5 heterocycles. The van der Waals surface area contributed by atoms with Crippen LogP contribution in [0, 0.1) is 56.8 Å². The number of aromatic nitrogens is 4. The number of fused-ring (bicyclic) bond motifs is 3. The van der Waals surface area contributed by atoms with Crippen molar-refractivity contribution in [3.63, 3.8) is 0 Å². The summed E-state index contributed by atoms with van der Waals surface area (Å²) >= 11 is 9.48. The molecule has 1 fully saturated rings. The maximum Gasteiger partial charge on any atom is 0.246 e. The minimum absolute atomic E-state index is 0.0375. The molecule has 0 unspecified atom stereocenters. The quantitative estimate of drug-likeness (QED) is 0.0550. The molecule has 3 aromatic heterocycles. The molecule has 8 rings (SSSR count). The van der Waals surface area contributed by atoms with E-state index in [4.69, 9.17) is 26.1 Å². The molecule has 394 valence electrons. The van der Waals surface area contributed by atoms with Crippen LogP contribution in [0.4, 0.5) is 0 Å². The van der Waals surface area contributed by atoms with Crippen LogP contribution in [0.25, 0.3) is 15.4 Å². The van der Waals surface area contributed by atoms with Crippen molar-refractivity contribution in [3.8, 4) is 44.9 Å². The topological polar surface area (TPSA) is 202 Å². The number of β-amino-alcohol motifs (C(OH)–C–C–N with tert-alkyl or cyclic N) is 1. The van der Waals surface area contributed by atoms with Gasteiger partial charge in [0.15, 0.2) is 5.82 Å². The van der Waals surface area contributed by atoms with Crippen LogP contribution >= 0.6 is 34.3 Å². The lowest BCUT2D eigenvalue weighted by Crippen LogP contribution is -2.58. The number of aliphatic hydroxyl groups excluding tert-OH is 1. The second-order valence-electron chi connectivity index (χ2n) is 19.8. The molecule has 19 heteroatoms. The van der Waals surface area contributed by atoms with Gasteiger partial charge in [-0.05, 0) is 104 Å². The predicted octanol–water partition coefficient (Wildman–Crippen LogP) is 7.71. The predicted molar refractivity (Wildman–Crippen MR) is 294 cm³/mol. The molecule has 0 radical (unpaired) electrons. The summed E-state index contributed by atoms with van der Waals surface area (Å²) in [5.41, 5.74) is 8.62. The van der Waals surface area contributed by atoms with Crippen molar-refractivity contribution in [1.82, 2.24) is 40.6 Å². The van der Waals surface area contributed by atoms with Gasteiger partial charge in [0.1, 0.15) is 54.5 Å². The second kappa shape index (κ2) is 24.2. The summed E-state index contributed by atoms with van der Waals surface area (Å²) in [6, 6.07) is 20.0. The number of aryl methyl sites for hydroxylation is 3. The van der Waals surface area contributed by atoms with Gasteiger partial charge in [0.2, 0.25) is 23.6 Å². The fourth-order valence-electron chi connectivity index (χ4n) is 9.00. The highest BCUT2D eigenvalue weighted by molar-refractivity contribution is 7.15. The molecule has 1 saturated heterocycles. The van der Waals surface area contributed by atoms with E-state index < -0.39 is 41.5 Å². The fraction of sp³-hybridized carbons (Fsp3) is 0.368. The second-order valence-corrected chi connectivity index (χ2v) is 22.3. The number of thiophene rings is 1. The zero-order valence-electron chi connectivity index (χ0n) is 43.6. The van der Waals surface area contributed by atoms with E-state index in [-0.39, 0.29) is 63.6 Å². The van der Waals surface area contributed by atoms with Gasteiger partial charge in [0.05, 0.1) is 40.4 Å². The minimum atomic E-state index is -1.00. The number of nitrogens with zero attached hydrogens (tertiary/aromatic N) is 6. The van der Waals surface area contributed by atoms with Crippen molar-refractivity contribution >= 4 is 63.6 Å². The third-order valence-electron chi connectivity index (χ3n) is 13.2. The Morgan fingerprint density at radius 2 is 1.59 bits per heavy atom. The van der Waals surface area contributed by atoms with Crippen LogP contribution in [-0.4, -0.2) is 104 Å². The molecule has 5 atom stereocenters. The molecule has 0 bridgehead atoms. The van der Waals surface area contributed by atoms with Gasteiger partial charge in [-0.2, -0.15) is 0 Å². The van der Waals surface area contributed by atoms with Crippen LogP contribution in [-0.2, 0) is 30.5 Å². The number of amides is 4. The van der Waals surface area contributed by atoms with Crippen LogP contribution in [0.5, 0.6) is 5.75 Å². The Kier molecular flexibility index (Phi) is 17.5. The Balaban J connectivity index is 0.773. The van der Waals surface area contributed by atoms with Gasteiger partial charge in [-0.1, -0.05) is 86.8 Å². The van der Waals surface area contributed by atoms with Gasteiger partial charge in [0, 0.05) is 40.5 Å². The number of carbonyl (C=O) groups is 4. The number of thiazole rings is 1. The van der Waals surface area contributed by atoms with Gasteiger partial charge < -0.3 is 35.4 Å². The van der Waals surface area contributed by atoms with Crippen molar-refractivity contribution in [1.29, 1.82) is 0 Å². The number of aliphatic imine (C=N–C) groups is 1. The number of rotatable bonds is 16. The number of aliphatic hydroxyl groups is 1. The maximum absolute atomic E-state index is 14.0. The fourth-order valence-corrected chi connectivity index (χ4v) is 11.2. The average molecular weight is 1080 g/mol. The summed E-state index contributed by atoms with van der Waals surface area (Å²) < 4.78 is 13.3. The normalized spacial score (nSPS) is 16.6. The molecule has 3 aromatic carbocycles. The molecule has 4 N–H and O–H groups in total. The van der Waals surface area contributed by atoms with E-state index in [1.54, 1.807) is 40.3 Å². The van der Waals surface area contributed by atoms with E-state index in [0.29, 0.717) is 16.6 Å². The molecule has 16 nitrogen and oxygen atoms in total. The van der Waals surface area contributed by atoms with E-state index in [2.05, 4.69) is 68.7 Å². The van der Waals surface area contributed by atoms with Crippen molar-refractivity contribution in [2.75, 3.05) is 26.4 Å².